The number of terminal acetylenes is 2. The molecule has 0 saturated heterocycles. The first-order chi connectivity index (χ1) is 30.6. The molecule has 0 unspecified atom stereocenters. The van der Waals surface area contributed by atoms with E-state index in [0.29, 0.717) is 114 Å². The van der Waals surface area contributed by atoms with Crippen LogP contribution < -0.4 is 138 Å². The van der Waals surface area contributed by atoms with Crippen molar-refractivity contribution in [2.24, 2.45) is 0 Å². The second-order valence-corrected chi connectivity index (χ2v) is 12.8. The van der Waals surface area contributed by atoms with Crippen LogP contribution in [0.3, 0.4) is 0 Å². The maximum Gasteiger partial charge on any atom is 1.00 e. The fourth-order valence-electron chi connectivity index (χ4n) is 5.91. The number of ether oxygens (including phenoxy) is 8. The van der Waals surface area contributed by atoms with Crippen molar-refractivity contribution >= 4 is 63.7 Å². The van der Waals surface area contributed by atoms with Crippen LogP contribution in [0.4, 0.5) is 23.0 Å². The first kappa shape index (κ1) is 55.6. The zero-order valence-electron chi connectivity index (χ0n) is 37.0. The van der Waals surface area contributed by atoms with Gasteiger partial charge in [-0.05, 0) is 48.5 Å². The van der Waals surface area contributed by atoms with E-state index in [9.17, 15) is 0 Å². The predicted molar refractivity (Wildman–Crippen MR) is 235 cm³/mol. The summed E-state index contributed by atoms with van der Waals surface area (Å²) in [4.78, 5) is 28.8. The maximum atomic E-state index is 8.64. The van der Waals surface area contributed by atoms with E-state index in [-0.39, 0.29) is 123 Å². The molecule has 0 fully saturated rings. The molecule has 330 valence electrons. The topological polar surface area (TPSA) is 199 Å². The van der Waals surface area contributed by atoms with Gasteiger partial charge in [-0.15, -0.1) is 25.3 Å². The summed E-state index contributed by atoms with van der Waals surface area (Å²) < 4.78 is 45.5. The second kappa shape index (κ2) is 31.3. The van der Waals surface area contributed by atoms with Crippen molar-refractivity contribution in [1.29, 1.82) is 0 Å². The second-order valence-electron chi connectivity index (χ2n) is 12.8. The average molecular weight is 960 g/mol. The van der Waals surface area contributed by atoms with Crippen molar-refractivity contribution in [3.8, 4) is 47.7 Å². The molecular formula is C45H45ClK2N6O11. The van der Waals surface area contributed by atoms with E-state index in [1.54, 1.807) is 0 Å². The number of nitrogens with zero attached hydrogens (tertiary/aromatic N) is 4. The Labute approximate surface area is 469 Å². The van der Waals surface area contributed by atoms with Crippen LogP contribution in [0.25, 0.3) is 21.8 Å². The maximum absolute atomic E-state index is 8.64. The van der Waals surface area contributed by atoms with Gasteiger partial charge in [0.25, 0.3) is 6.47 Å². The molecule has 0 spiro atoms. The van der Waals surface area contributed by atoms with Crippen LogP contribution in [-0.4, -0.2) is 106 Å². The number of nitrogens with one attached hydrogen (secondary N) is 2. The van der Waals surface area contributed by atoms with Crippen LogP contribution in [0, 0.1) is 24.7 Å². The Kier molecular flexibility index (Phi) is 26.8. The minimum Gasteiger partial charge on any atom is -1.00 e. The van der Waals surface area contributed by atoms with Gasteiger partial charge in [0.15, 0.2) is 23.0 Å². The zero-order valence-corrected chi connectivity index (χ0v) is 43.1. The largest absolute Gasteiger partial charge is 1.00 e. The molecule has 0 atom stereocenters. The third kappa shape index (κ3) is 17.8. The molecule has 4 heterocycles. The molecule has 20 heteroatoms. The summed E-state index contributed by atoms with van der Waals surface area (Å²) in [6.45, 7) is 5.49. The summed E-state index contributed by atoms with van der Waals surface area (Å²) in [5.74, 6) is 9.01. The number of fused-ring (bicyclic) bond motifs is 4. The van der Waals surface area contributed by atoms with Crippen molar-refractivity contribution in [3.05, 3.63) is 96.6 Å². The number of anilines is 4. The number of benzene rings is 4. The van der Waals surface area contributed by atoms with Crippen LogP contribution in [0.15, 0.2) is 85.5 Å². The van der Waals surface area contributed by atoms with Crippen molar-refractivity contribution in [2.45, 2.75) is 0 Å². The number of halogens is 1. The predicted octanol–water partition coefficient (Wildman–Crippen LogP) is -0.705. The first-order valence-corrected chi connectivity index (χ1v) is 19.4. The monoisotopic (exact) mass is 958 g/mol. The number of rotatable bonds is 5. The zero-order chi connectivity index (χ0) is 43.2. The average Bonchev–Trinajstić information content (AvgIpc) is 3.29. The van der Waals surface area contributed by atoms with Gasteiger partial charge >= 0.3 is 103 Å². The third-order valence-electron chi connectivity index (χ3n) is 8.71. The van der Waals surface area contributed by atoms with Gasteiger partial charge in [0, 0.05) is 45.4 Å². The Balaban J connectivity index is 0.000000397. The van der Waals surface area contributed by atoms with Crippen molar-refractivity contribution in [2.75, 3.05) is 89.9 Å². The van der Waals surface area contributed by atoms with Crippen LogP contribution >= 0.6 is 12.4 Å². The minimum absolute atomic E-state index is 0. The molecule has 4 aromatic carbocycles. The number of carbonyl (C=O) groups is 1. The molecule has 0 radical (unpaired) electrons. The van der Waals surface area contributed by atoms with Crippen LogP contribution in [0.5, 0.6) is 23.0 Å². The fourth-order valence-corrected chi connectivity index (χ4v) is 5.91. The Hall–Kier alpha value is -3.69. The Morgan fingerprint density at radius 2 is 0.892 bits per heavy atom. The molecule has 17 nitrogen and oxygen atoms in total. The molecule has 0 bridgehead atoms. The van der Waals surface area contributed by atoms with E-state index in [4.69, 9.17) is 60.8 Å². The normalized spacial score (nSPS) is 13.7. The van der Waals surface area contributed by atoms with Crippen LogP contribution in [-0.2, 0) is 28.6 Å². The molecular weight excluding hydrogens is 914 g/mol. The van der Waals surface area contributed by atoms with E-state index in [1.807, 2.05) is 72.8 Å². The van der Waals surface area contributed by atoms with Gasteiger partial charge in [-0.3, -0.25) is 4.79 Å². The Bertz CT molecular complexity index is 2340. The van der Waals surface area contributed by atoms with E-state index in [2.05, 4.69) is 47.3 Å². The first-order valence-electron chi connectivity index (χ1n) is 19.4. The molecule has 2 aliphatic rings. The number of hydrogen-bond donors (Lipinski definition) is 2. The Morgan fingerprint density at radius 1 is 0.554 bits per heavy atom. The van der Waals surface area contributed by atoms with Crippen LogP contribution in [0.1, 0.15) is 12.6 Å². The van der Waals surface area contributed by atoms with Gasteiger partial charge in [0.2, 0.25) is 0 Å². The summed E-state index contributed by atoms with van der Waals surface area (Å²) in [6.07, 6.45) is 14.0. The number of hydrogen-bond acceptors (Lipinski definition) is 17. The fraction of sp³-hybridized carbons (Fsp3) is 0.267. The van der Waals surface area contributed by atoms with Crippen molar-refractivity contribution in [3.63, 3.8) is 0 Å². The van der Waals surface area contributed by atoms with Crippen molar-refractivity contribution in [1.82, 2.24) is 19.9 Å². The van der Waals surface area contributed by atoms with Gasteiger partial charge in [0.1, 0.15) is 50.7 Å². The van der Waals surface area contributed by atoms with Crippen molar-refractivity contribution < 1.29 is 157 Å². The van der Waals surface area contributed by atoms with Crippen LogP contribution in [0.2, 0.25) is 0 Å². The molecule has 8 rings (SSSR count). The summed E-state index contributed by atoms with van der Waals surface area (Å²) >= 11 is 0. The quantitative estimate of drug-likeness (QED) is 0.0723. The smallest absolute Gasteiger partial charge is 1.00 e. The molecule has 2 N–H and O–H groups in total. The van der Waals surface area contributed by atoms with Gasteiger partial charge in [-0.1, -0.05) is 24.0 Å². The third-order valence-corrected chi connectivity index (χ3v) is 8.71. The molecule has 2 aromatic heterocycles. The van der Waals surface area contributed by atoms with E-state index in [1.165, 1.54) is 12.7 Å². The summed E-state index contributed by atoms with van der Waals surface area (Å²) in [5, 5.41) is 16.7. The minimum atomic E-state index is -0.181. The van der Waals surface area contributed by atoms with Gasteiger partial charge in [0.05, 0.1) is 63.9 Å². The van der Waals surface area contributed by atoms with Gasteiger partial charge < -0.3 is 60.1 Å². The van der Waals surface area contributed by atoms with E-state index < -0.39 is 0 Å². The standard InChI is InChI=1S/2C22H21N3O4.CH2O3.ClH.2K.H/c2*1-2-16-4-3-5-17(12-16)25-22-18-13-20-21(14-19(18)23-15-24-22)29-11-9-27-7-6-26-8-10-28-20;2-1-4-3;;;;/h2*1,3-5,12-15H,6-11H2,(H,23,24,25);1,3H;1H;;;/q;;;;2*+1;-1/p-1. The molecule has 6 aromatic rings. The van der Waals surface area contributed by atoms with Gasteiger partial charge in [-0.25, -0.2) is 19.9 Å². The Morgan fingerprint density at radius 3 is 1.23 bits per heavy atom. The van der Waals surface area contributed by atoms with Gasteiger partial charge in [-0.2, -0.15) is 0 Å². The molecule has 0 aliphatic carbocycles. The molecule has 2 aliphatic heterocycles. The summed E-state index contributed by atoms with van der Waals surface area (Å²) in [7, 11) is 0. The van der Waals surface area contributed by atoms with E-state index >= 15 is 0 Å². The summed E-state index contributed by atoms with van der Waals surface area (Å²) in [5.41, 5.74) is 4.74. The molecule has 0 amide bonds. The molecule has 65 heavy (non-hydrogen) atoms. The summed E-state index contributed by atoms with van der Waals surface area (Å²) in [6, 6.07) is 22.6. The SMILES string of the molecule is C#Cc1cccc(Nc2ncnc3cc4c(cc23)OCCOCCOCCO4)c1.C#Cc1cccc(Nc2ncnc3cc4c(cc23)OCCOCCOCCO4)c1.Cl.O=CO[O-].[H-].[K+].[K+]. The number of carbonyl (C=O) groups excluding carboxylic acids is 1. The van der Waals surface area contributed by atoms with E-state index in [0.717, 1.165) is 44.3 Å². The number of aromatic nitrogens is 4. The molecule has 0 saturated carbocycles.